The molecule has 0 aromatic heterocycles. The number of aliphatic carboxylic acids is 1. The maximum atomic E-state index is 10.5. The fourth-order valence-electron chi connectivity index (χ4n) is 1.11. The zero-order valence-electron chi connectivity index (χ0n) is 8.77. The van der Waals surface area contributed by atoms with Gasteiger partial charge in [-0.25, -0.2) is 0 Å². The molecule has 0 radical (unpaired) electrons. The van der Waals surface area contributed by atoms with E-state index in [4.69, 9.17) is 9.84 Å². The number of hydrogen-bond donors (Lipinski definition) is 1. The van der Waals surface area contributed by atoms with Crippen LogP contribution in [-0.2, 0) is 16.0 Å². The Balaban J connectivity index is 0.00000196. The molecule has 1 N–H and O–H groups in total. The zero-order valence-corrected chi connectivity index (χ0v) is 15.0. The van der Waals surface area contributed by atoms with Crippen LogP contribution in [0.25, 0.3) is 0 Å². The van der Waals surface area contributed by atoms with E-state index in [1.54, 1.807) is 12.1 Å². The molecule has 0 aliphatic rings. The first-order valence-corrected chi connectivity index (χ1v) is 4.15. The summed E-state index contributed by atoms with van der Waals surface area (Å²) in [5.41, 5.74) is 0.777. The van der Waals surface area contributed by atoms with Crippen molar-refractivity contribution in [3.63, 3.8) is 0 Å². The fourth-order valence-corrected chi connectivity index (χ4v) is 1.11. The predicted molar refractivity (Wildman–Crippen MR) is 47.6 cm³/mol. The van der Waals surface area contributed by atoms with Gasteiger partial charge in [-0.3, -0.25) is 0 Å². The molecule has 15 heavy (non-hydrogen) atoms. The van der Waals surface area contributed by atoms with Crippen LogP contribution in [0.2, 0.25) is 0 Å². The summed E-state index contributed by atoms with van der Waals surface area (Å²) in [5.74, 6) is -1.09. The molecule has 0 bridgehead atoms. The van der Waals surface area contributed by atoms with Gasteiger partial charge < -0.3 is 19.7 Å². The van der Waals surface area contributed by atoms with Gasteiger partial charge in [0.1, 0.15) is 11.9 Å². The third-order valence-corrected chi connectivity index (χ3v) is 1.90. The van der Waals surface area contributed by atoms with Gasteiger partial charge in [0.25, 0.3) is 0 Å². The predicted octanol–water partition coefficient (Wildman–Crippen LogP) is -3.30. The van der Waals surface area contributed by atoms with Gasteiger partial charge in [-0.05, 0) is 17.7 Å². The van der Waals surface area contributed by atoms with Crippen molar-refractivity contribution >= 4 is 5.97 Å². The molecule has 1 aromatic rings. The van der Waals surface area contributed by atoms with Gasteiger partial charge in [0.05, 0.1) is 5.97 Å². The minimum atomic E-state index is -1.24. The summed E-state index contributed by atoms with van der Waals surface area (Å²) in [6.07, 6.45) is -0.710. The first kappa shape index (κ1) is 15.5. The number of carboxylic acid groups (broad SMARTS) is 1. The summed E-state index contributed by atoms with van der Waals surface area (Å²) in [6.45, 7) is 0. The molecule has 0 spiro atoms. The number of hydrogen-bond acceptors (Lipinski definition) is 4. The Morgan fingerprint density at radius 2 is 2.00 bits per heavy atom. The van der Waals surface area contributed by atoms with Crippen LogP contribution in [-0.4, -0.2) is 24.3 Å². The zero-order chi connectivity index (χ0) is 10.6. The number of benzene rings is 1. The fraction of sp³-hybridized carbons (Fsp3) is 0.300. The van der Waals surface area contributed by atoms with Gasteiger partial charge in [0.2, 0.25) is 0 Å². The van der Waals surface area contributed by atoms with E-state index in [9.17, 15) is 9.90 Å². The van der Waals surface area contributed by atoms with Crippen molar-refractivity contribution in [1.82, 2.24) is 0 Å². The van der Waals surface area contributed by atoms with Crippen LogP contribution in [0.4, 0.5) is 0 Å². The Kier molecular flexibility index (Phi) is 7.98. The summed E-state index contributed by atoms with van der Waals surface area (Å²) in [6, 6.07) is 6.28. The summed E-state index contributed by atoms with van der Waals surface area (Å²) >= 11 is 0. The second kappa shape index (κ2) is 7.72. The number of rotatable bonds is 4. The molecule has 4 nitrogen and oxygen atoms in total. The van der Waals surface area contributed by atoms with Crippen molar-refractivity contribution in [2.45, 2.75) is 12.5 Å². The molecule has 76 valence electrons. The summed E-state index contributed by atoms with van der Waals surface area (Å²) in [5, 5.41) is 19.5. The van der Waals surface area contributed by atoms with Gasteiger partial charge >= 0.3 is 68.9 Å². The van der Waals surface area contributed by atoms with Crippen molar-refractivity contribution in [1.29, 1.82) is 0 Å². The third kappa shape index (κ3) is 5.39. The minimum Gasteiger partial charge on any atom is -0.547 e. The van der Waals surface area contributed by atoms with E-state index in [1.165, 1.54) is 19.2 Å². The van der Waals surface area contributed by atoms with Crippen LogP contribution >= 0.6 is 0 Å². The Hall–Kier alpha value is 0.502. The summed E-state index contributed by atoms with van der Waals surface area (Å²) in [7, 11) is 1.32. The quantitative estimate of drug-likeness (QED) is 0.629. The van der Waals surface area contributed by atoms with E-state index in [2.05, 4.69) is 0 Å². The number of carbonyl (C=O) groups excluding carboxylic acids is 1. The van der Waals surface area contributed by atoms with E-state index in [0.29, 0.717) is 0 Å². The van der Waals surface area contributed by atoms with Crippen LogP contribution in [0.5, 0.6) is 5.75 Å². The molecular formula is C10H11CsO4. The topological polar surface area (TPSA) is 69.6 Å². The number of methoxy groups -OCH3 is 1. The number of carboxylic acids is 1. The number of phenols is 1. The van der Waals surface area contributed by atoms with Gasteiger partial charge in [-0.15, -0.1) is 0 Å². The Bertz CT molecular complexity index is 310. The maximum absolute atomic E-state index is 10.5. The second-order valence-electron chi connectivity index (χ2n) is 2.91. The molecule has 5 heteroatoms. The Morgan fingerprint density at radius 1 is 1.47 bits per heavy atom. The molecule has 0 aliphatic heterocycles. The molecular weight excluding hydrogens is 317 g/mol. The number of carbonyl (C=O) groups is 1. The van der Waals surface area contributed by atoms with E-state index in [0.717, 1.165) is 5.56 Å². The Morgan fingerprint density at radius 3 is 2.40 bits per heavy atom. The van der Waals surface area contributed by atoms with Crippen molar-refractivity contribution in [3.8, 4) is 5.75 Å². The third-order valence-electron chi connectivity index (χ3n) is 1.90. The van der Waals surface area contributed by atoms with Gasteiger partial charge in [0.15, 0.2) is 0 Å². The number of phenolic OH excluding ortho intramolecular Hbond substituents is 1. The molecule has 0 saturated heterocycles. The Labute approximate surface area is 147 Å². The molecule has 0 aliphatic carbocycles. The SMILES string of the molecule is COC(Cc1ccc(O)cc1)C(=O)[O-].[Cs+]. The average molecular weight is 328 g/mol. The van der Waals surface area contributed by atoms with Crippen molar-refractivity contribution in [2.75, 3.05) is 7.11 Å². The molecule has 0 amide bonds. The van der Waals surface area contributed by atoms with Crippen LogP contribution in [0.1, 0.15) is 5.56 Å². The molecule has 1 unspecified atom stereocenters. The van der Waals surface area contributed by atoms with E-state index in [-0.39, 0.29) is 81.1 Å². The van der Waals surface area contributed by atoms with Crippen LogP contribution in [0.15, 0.2) is 24.3 Å². The van der Waals surface area contributed by atoms with Crippen LogP contribution in [0, 0.1) is 0 Å². The standard InChI is InChI=1S/C10H12O4.Cs/c1-14-9(10(12)13)6-7-2-4-8(11)5-3-7;/h2-5,9,11H,6H2,1H3,(H,12,13);/q;+1/p-1. The van der Waals surface area contributed by atoms with E-state index >= 15 is 0 Å². The first-order valence-electron chi connectivity index (χ1n) is 4.15. The second-order valence-corrected chi connectivity index (χ2v) is 2.91. The smallest absolute Gasteiger partial charge is 0.547 e. The largest absolute Gasteiger partial charge is 1.00 e. The van der Waals surface area contributed by atoms with Gasteiger partial charge in [0, 0.05) is 13.5 Å². The van der Waals surface area contributed by atoms with Gasteiger partial charge in [-0.1, -0.05) is 12.1 Å². The van der Waals surface area contributed by atoms with Crippen LogP contribution in [0.3, 0.4) is 0 Å². The monoisotopic (exact) mass is 328 g/mol. The van der Waals surface area contributed by atoms with E-state index < -0.39 is 12.1 Å². The number of ether oxygens (including phenoxy) is 1. The van der Waals surface area contributed by atoms with E-state index in [1.807, 2.05) is 0 Å². The normalized spacial score (nSPS) is 11.5. The molecule has 1 atom stereocenters. The van der Waals surface area contributed by atoms with Crippen molar-refractivity contribution in [3.05, 3.63) is 29.8 Å². The molecule has 1 aromatic carbocycles. The molecule has 0 heterocycles. The summed E-state index contributed by atoms with van der Waals surface area (Å²) in [4.78, 5) is 10.5. The molecule has 0 fully saturated rings. The van der Waals surface area contributed by atoms with Crippen molar-refractivity contribution in [2.24, 2.45) is 0 Å². The van der Waals surface area contributed by atoms with Crippen LogP contribution < -0.4 is 74.0 Å². The minimum absolute atomic E-state index is 0. The molecule has 0 saturated carbocycles. The first-order chi connectivity index (χ1) is 6.63. The molecule has 1 rings (SSSR count). The summed E-state index contributed by atoms with van der Waals surface area (Å²) < 4.78 is 4.72. The number of aromatic hydroxyl groups is 1. The average Bonchev–Trinajstić information content (AvgIpc) is 2.16. The van der Waals surface area contributed by atoms with Crippen molar-refractivity contribution < 1.29 is 88.6 Å². The van der Waals surface area contributed by atoms with Gasteiger partial charge in [-0.2, -0.15) is 0 Å². The maximum Gasteiger partial charge on any atom is 1.00 e.